The van der Waals surface area contributed by atoms with E-state index in [4.69, 9.17) is 0 Å². The van der Waals surface area contributed by atoms with E-state index in [1.807, 2.05) is 32.0 Å². The Morgan fingerprint density at radius 1 is 1.16 bits per heavy atom. The van der Waals surface area contributed by atoms with Crippen LogP contribution < -0.4 is 5.32 Å². The van der Waals surface area contributed by atoms with E-state index in [0.717, 1.165) is 16.7 Å². The molecule has 0 aliphatic carbocycles. The van der Waals surface area contributed by atoms with Crippen molar-refractivity contribution < 1.29 is 9.50 Å². The third-order valence-electron chi connectivity index (χ3n) is 3.16. The van der Waals surface area contributed by atoms with Gasteiger partial charge in [0, 0.05) is 5.69 Å². The molecule has 2 aromatic rings. The van der Waals surface area contributed by atoms with Crippen LogP contribution in [0, 0.1) is 19.7 Å². The minimum atomic E-state index is -0.289. The largest absolute Gasteiger partial charge is 0.394 e. The molecule has 0 saturated carbocycles. The number of aryl methyl sites for hydroxylation is 2. The van der Waals surface area contributed by atoms with Crippen molar-refractivity contribution in [2.45, 2.75) is 19.9 Å². The lowest BCUT2D eigenvalue weighted by Crippen LogP contribution is -2.16. The Balaban J connectivity index is 2.27. The maximum atomic E-state index is 13.2. The summed E-state index contributed by atoms with van der Waals surface area (Å²) in [6, 6.07) is 12.1. The molecule has 0 aliphatic rings. The van der Waals surface area contributed by atoms with Gasteiger partial charge in [-0.15, -0.1) is 0 Å². The van der Waals surface area contributed by atoms with Gasteiger partial charge in [-0.1, -0.05) is 29.8 Å². The van der Waals surface area contributed by atoms with Crippen LogP contribution in [0.4, 0.5) is 10.1 Å². The van der Waals surface area contributed by atoms with Gasteiger partial charge in [0.1, 0.15) is 5.82 Å². The number of anilines is 1. The topological polar surface area (TPSA) is 32.3 Å². The van der Waals surface area contributed by atoms with Gasteiger partial charge < -0.3 is 10.4 Å². The third-order valence-corrected chi connectivity index (χ3v) is 3.16. The molecule has 0 amide bonds. The SMILES string of the molecule is Cc1ccc(C)c(C(CO)Nc2cccc(F)c2)c1. The highest BCUT2D eigenvalue weighted by molar-refractivity contribution is 5.47. The first-order chi connectivity index (χ1) is 9.10. The highest BCUT2D eigenvalue weighted by Crippen LogP contribution is 2.23. The molecule has 19 heavy (non-hydrogen) atoms. The van der Waals surface area contributed by atoms with Gasteiger partial charge in [0.25, 0.3) is 0 Å². The number of hydrogen-bond donors (Lipinski definition) is 2. The molecule has 3 heteroatoms. The number of hydrogen-bond acceptors (Lipinski definition) is 2. The second kappa shape index (κ2) is 5.85. The van der Waals surface area contributed by atoms with Crippen LogP contribution in [0.5, 0.6) is 0 Å². The summed E-state index contributed by atoms with van der Waals surface area (Å²) < 4.78 is 13.2. The van der Waals surface area contributed by atoms with Crippen LogP contribution in [-0.4, -0.2) is 11.7 Å². The second-order valence-electron chi connectivity index (χ2n) is 4.75. The Labute approximate surface area is 112 Å². The number of rotatable bonds is 4. The molecule has 0 heterocycles. The van der Waals surface area contributed by atoms with Crippen molar-refractivity contribution in [3.05, 3.63) is 65.0 Å². The standard InChI is InChI=1S/C16H18FNO/c1-11-6-7-12(2)15(8-11)16(10-19)18-14-5-3-4-13(17)9-14/h3-9,16,18-19H,10H2,1-2H3. The molecule has 0 saturated heterocycles. The van der Waals surface area contributed by atoms with Crippen molar-refractivity contribution in [1.82, 2.24) is 0 Å². The van der Waals surface area contributed by atoms with Crippen molar-refractivity contribution in [3.8, 4) is 0 Å². The first-order valence-corrected chi connectivity index (χ1v) is 6.30. The van der Waals surface area contributed by atoms with E-state index in [1.165, 1.54) is 12.1 Å². The Kier molecular flexibility index (Phi) is 4.17. The Morgan fingerprint density at radius 2 is 1.95 bits per heavy atom. The van der Waals surface area contributed by atoms with E-state index < -0.39 is 0 Å². The summed E-state index contributed by atoms with van der Waals surface area (Å²) in [5, 5.41) is 12.7. The fourth-order valence-corrected chi connectivity index (χ4v) is 2.14. The predicted molar refractivity (Wildman–Crippen MR) is 75.8 cm³/mol. The minimum Gasteiger partial charge on any atom is -0.394 e. The third kappa shape index (κ3) is 3.32. The molecule has 0 aliphatic heterocycles. The fourth-order valence-electron chi connectivity index (χ4n) is 2.14. The zero-order valence-corrected chi connectivity index (χ0v) is 11.2. The number of aliphatic hydroxyl groups excluding tert-OH is 1. The van der Waals surface area contributed by atoms with Crippen LogP contribution >= 0.6 is 0 Å². The number of halogens is 1. The number of aliphatic hydroxyl groups is 1. The molecule has 2 aromatic carbocycles. The molecule has 1 atom stereocenters. The maximum absolute atomic E-state index is 13.2. The molecule has 2 N–H and O–H groups in total. The number of nitrogens with one attached hydrogen (secondary N) is 1. The van der Waals surface area contributed by atoms with E-state index in [0.29, 0.717) is 5.69 Å². The van der Waals surface area contributed by atoms with Crippen molar-refractivity contribution in [3.63, 3.8) is 0 Å². The average molecular weight is 259 g/mol. The molecule has 0 spiro atoms. The van der Waals surface area contributed by atoms with E-state index in [1.54, 1.807) is 12.1 Å². The summed E-state index contributed by atoms with van der Waals surface area (Å²) in [5.74, 6) is -0.289. The van der Waals surface area contributed by atoms with Gasteiger partial charge in [-0.05, 0) is 43.2 Å². The highest BCUT2D eigenvalue weighted by Gasteiger charge is 2.13. The van der Waals surface area contributed by atoms with Crippen LogP contribution in [0.25, 0.3) is 0 Å². The fraction of sp³-hybridized carbons (Fsp3) is 0.250. The monoisotopic (exact) mass is 259 g/mol. The Morgan fingerprint density at radius 3 is 2.63 bits per heavy atom. The Bertz CT molecular complexity index is 568. The Hall–Kier alpha value is -1.87. The van der Waals surface area contributed by atoms with Gasteiger partial charge in [0.05, 0.1) is 12.6 Å². The first-order valence-electron chi connectivity index (χ1n) is 6.30. The van der Waals surface area contributed by atoms with Crippen LogP contribution in [-0.2, 0) is 0 Å². The van der Waals surface area contributed by atoms with Crippen molar-refractivity contribution >= 4 is 5.69 Å². The summed E-state index contributed by atoms with van der Waals surface area (Å²) in [5.41, 5.74) is 3.94. The maximum Gasteiger partial charge on any atom is 0.125 e. The lowest BCUT2D eigenvalue weighted by Gasteiger charge is -2.20. The summed E-state index contributed by atoms with van der Waals surface area (Å²) in [6.07, 6.45) is 0. The van der Waals surface area contributed by atoms with Crippen LogP contribution in [0.2, 0.25) is 0 Å². The van der Waals surface area contributed by atoms with Gasteiger partial charge in [-0.2, -0.15) is 0 Å². The molecule has 0 bridgehead atoms. The molecular weight excluding hydrogens is 241 g/mol. The normalized spacial score (nSPS) is 12.2. The zero-order valence-electron chi connectivity index (χ0n) is 11.2. The van der Waals surface area contributed by atoms with Crippen molar-refractivity contribution in [2.24, 2.45) is 0 Å². The van der Waals surface area contributed by atoms with E-state index in [-0.39, 0.29) is 18.5 Å². The zero-order chi connectivity index (χ0) is 13.8. The number of benzene rings is 2. The summed E-state index contributed by atoms with van der Waals surface area (Å²) in [7, 11) is 0. The lowest BCUT2D eigenvalue weighted by atomic mass is 9.99. The molecular formula is C16H18FNO. The van der Waals surface area contributed by atoms with Crippen LogP contribution in [0.3, 0.4) is 0 Å². The van der Waals surface area contributed by atoms with Crippen LogP contribution in [0.15, 0.2) is 42.5 Å². The average Bonchev–Trinajstić information content (AvgIpc) is 2.39. The molecule has 1 unspecified atom stereocenters. The predicted octanol–water partition coefficient (Wildman–Crippen LogP) is 3.59. The second-order valence-corrected chi connectivity index (χ2v) is 4.75. The summed E-state index contributed by atoms with van der Waals surface area (Å²) in [6.45, 7) is 3.98. The van der Waals surface area contributed by atoms with Crippen molar-refractivity contribution in [1.29, 1.82) is 0 Å². The van der Waals surface area contributed by atoms with Crippen LogP contribution in [0.1, 0.15) is 22.7 Å². The molecule has 0 radical (unpaired) electrons. The van der Waals surface area contributed by atoms with Gasteiger partial charge in [-0.25, -0.2) is 4.39 Å². The van der Waals surface area contributed by atoms with Gasteiger partial charge in [-0.3, -0.25) is 0 Å². The smallest absolute Gasteiger partial charge is 0.125 e. The summed E-state index contributed by atoms with van der Waals surface area (Å²) in [4.78, 5) is 0. The molecule has 0 fully saturated rings. The summed E-state index contributed by atoms with van der Waals surface area (Å²) >= 11 is 0. The van der Waals surface area contributed by atoms with E-state index in [2.05, 4.69) is 5.32 Å². The van der Waals surface area contributed by atoms with Gasteiger partial charge in [0.2, 0.25) is 0 Å². The quantitative estimate of drug-likeness (QED) is 0.879. The molecule has 2 rings (SSSR count). The lowest BCUT2D eigenvalue weighted by molar-refractivity contribution is 0.276. The van der Waals surface area contributed by atoms with E-state index >= 15 is 0 Å². The van der Waals surface area contributed by atoms with E-state index in [9.17, 15) is 9.50 Å². The first kappa shape index (κ1) is 13.6. The highest BCUT2D eigenvalue weighted by atomic mass is 19.1. The minimum absolute atomic E-state index is 0.0409. The van der Waals surface area contributed by atoms with Crippen molar-refractivity contribution in [2.75, 3.05) is 11.9 Å². The van der Waals surface area contributed by atoms with Gasteiger partial charge >= 0.3 is 0 Å². The molecule has 100 valence electrons. The molecule has 0 aromatic heterocycles. The van der Waals surface area contributed by atoms with Gasteiger partial charge in [0.15, 0.2) is 0 Å². The molecule has 2 nitrogen and oxygen atoms in total.